The number of hydrogen-bond donors (Lipinski definition) is 1. The molecule has 22 heavy (non-hydrogen) atoms. The molecule has 3 heterocycles. The number of hydrogen-bond acceptors (Lipinski definition) is 5. The van der Waals surface area contributed by atoms with Crippen LogP contribution in [0.3, 0.4) is 0 Å². The zero-order valence-corrected chi connectivity index (χ0v) is 13.7. The van der Waals surface area contributed by atoms with Gasteiger partial charge in [0.1, 0.15) is 23.1 Å². The van der Waals surface area contributed by atoms with Gasteiger partial charge in [0, 0.05) is 56.6 Å². The molecule has 1 saturated heterocycles. The molecule has 0 aliphatic carbocycles. The van der Waals surface area contributed by atoms with Crippen molar-refractivity contribution in [3.8, 4) is 0 Å². The van der Waals surface area contributed by atoms with Crippen LogP contribution in [0.2, 0.25) is 0 Å². The number of aryl methyl sites for hydroxylation is 3. The fraction of sp³-hybridized carbons (Fsp3) is 0.562. The maximum absolute atomic E-state index is 10.9. The van der Waals surface area contributed by atoms with Crippen LogP contribution in [0.15, 0.2) is 12.4 Å². The molecule has 3 rings (SSSR count). The SMILES string of the molecule is Cc1nc(C)c(C)c(N2CCC(O)(c3nccn3C)CC2)n1. The predicted octanol–water partition coefficient (Wildman–Crippen LogP) is 1.62. The predicted molar refractivity (Wildman–Crippen MR) is 84.8 cm³/mol. The average molecular weight is 301 g/mol. The van der Waals surface area contributed by atoms with Gasteiger partial charge in [0.15, 0.2) is 0 Å². The number of anilines is 1. The first-order chi connectivity index (χ1) is 10.4. The molecule has 0 aromatic carbocycles. The van der Waals surface area contributed by atoms with Gasteiger partial charge in [0.25, 0.3) is 0 Å². The lowest BCUT2D eigenvalue weighted by molar-refractivity contribution is 0.000644. The molecule has 2 aromatic heterocycles. The molecule has 0 atom stereocenters. The summed E-state index contributed by atoms with van der Waals surface area (Å²) in [4.78, 5) is 15.6. The van der Waals surface area contributed by atoms with Crippen LogP contribution in [0.25, 0.3) is 0 Å². The number of rotatable bonds is 2. The molecule has 118 valence electrons. The Bertz CT molecular complexity index is 686. The van der Waals surface area contributed by atoms with E-state index in [0.29, 0.717) is 12.8 Å². The lowest BCUT2D eigenvalue weighted by Crippen LogP contribution is -2.44. The molecule has 0 bridgehead atoms. The van der Waals surface area contributed by atoms with E-state index in [4.69, 9.17) is 0 Å². The summed E-state index contributed by atoms with van der Waals surface area (Å²) in [6.07, 6.45) is 4.92. The molecular formula is C16H23N5O. The Morgan fingerprint density at radius 2 is 1.82 bits per heavy atom. The van der Waals surface area contributed by atoms with Crippen LogP contribution >= 0.6 is 0 Å². The first-order valence-corrected chi connectivity index (χ1v) is 7.68. The third-order valence-electron chi connectivity index (χ3n) is 4.60. The monoisotopic (exact) mass is 301 g/mol. The smallest absolute Gasteiger partial charge is 0.140 e. The standard InChI is InChI=1S/C16H23N5O/c1-11-12(2)18-13(3)19-14(11)21-8-5-16(22,6-9-21)15-17-7-10-20(15)4/h7,10,22H,5-6,8-9H2,1-4H3. The Hall–Kier alpha value is -1.95. The average Bonchev–Trinajstić information content (AvgIpc) is 2.91. The molecular weight excluding hydrogens is 278 g/mol. The fourth-order valence-electron chi connectivity index (χ4n) is 3.18. The Kier molecular flexibility index (Phi) is 3.64. The highest BCUT2D eigenvalue weighted by atomic mass is 16.3. The number of aromatic nitrogens is 4. The van der Waals surface area contributed by atoms with Crippen molar-refractivity contribution in [2.45, 2.75) is 39.2 Å². The molecule has 0 radical (unpaired) electrons. The van der Waals surface area contributed by atoms with Gasteiger partial charge in [-0.25, -0.2) is 15.0 Å². The maximum atomic E-state index is 10.9. The van der Waals surface area contributed by atoms with Crippen LogP contribution in [-0.4, -0.2) is 37.7 Å². The number of nitrogens with zero attached hydrogens (tertiary/aromatic N) is 5. The lowest BCUT2D eigenvalue weighted by Gasteiger charge is -2.38. The normalized spacial score (nSPS) is 17.8. The van der Waals surface area contributed by atoms with Crippen LogP contribution in [0.1, 0.15) is 35.7 Å². The summed E-state index contributed by atoms with van der Waals surface area (Å²) >= 11 is 0. The second-order valence-electron chi connectivity index (χ2n) is 6.19. The van der Waals surface area contributed by atoms with E-state index >= 15 is 0 Å². The van der Waals surface area contributed by atoms with Crippen molar-refractivity contribution < 1.29 is 5.11 Å². The summed E-state index contributed by atoms with van der Waals surface area (Å²) in [5, 5.41) is 10.9. The molecule has 2 aromatic rings. The van der Waals surface area contributed by atoms with Crippen molar-refractivity contribution in [2.75, 3.05) is 18.0 Å². The molecule has 0 saturated carbocycles. The van der Waals surface area contributed by atoms with Crippen molar-refractivity contribution in [3.63, 3.8) is 0 Å². The Morgan fingerprint density at radius 3 is 2.41 bits per heavy atom. The van der Waals surface area contributed by atoms with E-state index in [2.05, 4.69) is 26.8 Å². The molecule has 0 unspecified atom stereocenters. The minimum atomic E-state index is -0.847. The van der Waals surface area contributed by atoms with Gasteiger partial charge < -0.3 is 14.6 Å². The third-order valence-corrected chi connectivity index (χ3v) is 4.60. The van der Waals surface area contributed by atoms with Gasteiger partial charge in [-0.05, 0) is 20.8 Å². The van der Waals surface area contributed by atoms with Gasteiger partial charge in [-0.3, -0.25) is 0 Å². The molecule has 0 spiro atoms. The highest BCUT2D eigenvalue weighted by Crippen LogP contribution is 2.34. The van der Waals surface area contributed by atoms with E-state index in [1.165, 1.54) is 0 Å². The topological polar surface area (TPSA) is 67.1 Å². The van der Waals surface area contributed by atoms with Crippen LogP contribution < -0.4 is 4.90 Å². The van der Waals surface area contributed by atoms with E-state index in [0.717, 1.165) is 41.8 Å². The highest BCUT2D eigenvalue weighted by Gasteiger charge is 2.37. The number of aliphatic hydroxyl groups is 1. The molecule has 1 fully saturated rings. The second kappa shape index (κ2) is 5.35. The molecule has 1 aliphatic heterocycles. The van der Waals surface area contributed by atoms with Crippen LogP contribution in [-0.2, 0) is 12.6 Å². The summed E-state index contributed by atoms with van der Waals surface area (Å²) in [6.45, 7) is 7.52. The van der Waals surface area contributed by atoms with Crippen LogP contribution in [0.4, 0.5) is 5.82 Å². The highest BCUT2D eigenvalue weighted by molar-refractivity contribution is 5.48. The summed E-state index contributed by atoms with van der Waals surface area (Å²) < 4.78 is 1.90. The van der Waals surface area contributed by atoms with Gasteiger partial charge in [-0.1, -0.05) is 0 Å². The van der Waals surface area contributed by atoms with Gasteiger partial charge in [-0.2, -0.15) is 0 Å². The van der Waals surface area contributed by atoms with E-state index in [1.807, 2.05) is 31.7 Å². The number of imidazole rings is 1. The largest absolute Gasteiger partial charge is 0.382 e. The van der Waals surface area contributed by atoms with E-state index in [9.17, 15) is 5.11 Å². The van der Waals surface area contributed by atoms with Gasteiger partial charge in [0.05, 0.1) is 0 Å². The van der Waals surface area contributed by atoms with Crippen LogP contribution in [0, 0.1) is 20.8 Å². The summed E-state index contributed by atoms with van der Waals surface area (Å²) in [7, 11) is 1.92. The first kappa shape index (κ1) is 15.0. The van der Waals surface area contributed by atoms with Gasteiger partial charge in [0.2, 0.25) is 0 Å². The first-order valence-electron chi connectivity index (χ1n) is 7.68. The van der Waals surface area contributed by atoms with Crippen LogP contribution in [0.5, 0.6) is 0 Å². The summed E-state index contributed by atoms with van der Waals surface area (Å²) in [5.41, 5.74) is 1.29. The van der Waals surface area contributed by atoms with Crippen molar-refractivity contribution >= 4 is 5.82 Å². The molecule has 0 amide bonds. The van der Waals surface area contributed by atoms with Crippen molar-refractivity contribution in [3.05, 3.63) is 35.3 Å². The van der Waals surface area contributed by atoms with E-state index < -0.39 is 5.60 Å². The second-order valence-corrected chi connectivity index (χ2v) is 6.19. The van der Waals surface area contributed by atoms with E-state index in [-0.39, 0.29) is 0 Å². The van der Waals surface area contributed by atoms with E-state index in [1.54, 1.807) is 6.20 Å². The molecule has 6 nitrogen and oxygen atoms in total. The molecule has 1 aliphatic rings. The zero-order chi connectivity index (χ0) is 15.9. The Balaban J connectivity index is 1.82. The van der Waals surface area contributed by atoms with Crippen molar-refractivity contribution in [1.82, 2.24) is 19.5 Å². The van der Waals surface area contributed by atoms with Crippen molar-refractivity contribution in [2.24, 2.45) is 7.05 Å². The number of piperidine rings is 1. The third kappa shape index (κ3) is 2.47. The maximum Gasteiger partial charge on any atom is 0.140 e. The Labute approximate surface area is 130 Å². The molecule has 6 heteroatoms. The zero-order valence-electron chi connectivity index (χ0n) is 13.7. The minimum absolute atomic E-state index is 0.652. The Morgan fingerprint density at radius 1 is 1.14 bits per heavy atom. The van der Waals surface area contributed by atoms with Gasteiger partial charge in [-0.15, -0.1) is 0 Å². The quantitative estimate of drug-likeness (QED) is 0.913. The molecule has 1 N–H and O–H groups in total. The minimum Gasteiger partial charge on any atom is -0.382 e. The fourth-order valence-corrected chi connectivity index (χ4v) is 3.18. The lowest BCUT2D eigenvalue weighted by atomic mass is 9.90. The van der Waals surface area contributed by atoms with Gasteiger partial charge >= 0.3 is 0 Å². The summed E-state index contributed by atoms with van der Waals surface area (Å²) in [6, 6.07) is 0. The van der Waals surface area contributed by atoms with Crippen molar-refractivity contribution in [1.29, 1.82) is 0 Å². The summed E-state index contributed by atoms with van der Waals surface area (Å²) in [5.74, 6) is 2.54.